The van der Waals surface area contributed by atoms with Gasteiger partial charge in [-0.25, -0.2) is 8.42 Å². The fraction of sp³-hybridized carbons (Fsp3) is 0.452. The molecule has 1 N–H and O–H groups in total. The molecular formula is C31H39N5O6S. The Balaban J connectivity index is 1.15. The summed E-state index contributed by atoms with van der Waals surface area (Å²) in [5.74, 6) is 1.36. The Hall–Kier alpha value is -3.90. The molecule has 2 amide bonds. The van der Waals surface area contributed by atoms with Crippen molar-refractivity contribution in [2.75, 3.05) is 39.0 Å². The zero-order valence-corrected chi connectivity index (χ0v) is 25.7. The van der Waals surface area contributed by atoms with Crippen LogP contribution >= 0.6 is 0 Å². The van der Waals surface area contributed by atoms with Gasteiger partial charge in [-0.15, -0.1) is 0 Å². The van der Waals surface area contributed by atoms with Crippen LogP contribution in [0, 0.1) is 0 Å². The second-order valence-corrected chi connectivity index (χ2v) is 13.1. The van der Waals surface area contributed by atoms with Gasteiger partial charge in [-0.1, -0.05) is 31.2 Å². The number of rotatable bonds is 12. The quantitative estimate of drug-likeness (QED) is 0.334. The van der Waals surface area contributed by atoms with E-state index in [1.807, 2.05) is 43.3 Å². The highest BCUT2D eigenvalue weighted by Gasteiger charge is 2.29. The van der Waals surface area contributed by atoms with Gasteiger partial charge in [0.05, 0.1) is 18.6 Å². The molecule has 3 aromatic rings. The van der Waals surface area contributed by atoms with Gasteiger partial charge in [-0.05, 0) is 49.1 Å². The molecule has 1 saturated heterocycles. The first kappa shape index (κ1) is 30.6. The molecule has 2 fully saturated rings. The first-order valence-electron chi connectivity index (χ1n) is 14.7. The number of amides is 2. The van der Waals surface area contributed by atoms with Crippen molar-refractivity contribution >= 4 is 21.8 Å². The normalized spacial score (nSPS) is 15.7. The highest BCUT2D eigenvalue weighted by molar-refractivity contribution is 7.89. The molecule has 230 valence electrons. The van der Waals surface area contributed by atoms with Crippen LogP contribution < -0.4 is 14.8 Å². The lowest BCUT2D eigenvalue weighted by molar-refractivity contribution is 0.0697. The van der Waals surface area contributed by atoms with Crippen LogP contribution in [0.1, 0.15) is 69.8 Å². The van der Waals surface area contributed by atoms with E-state index < -0.39 is 10.0 Å². The van der Waals surface area contributed by atoms with Crippen LogP contribution in [0.5, 0.6) is 11.5 Å². The van der Waals surface area contributed by atoms with Crippen molar-refractivity contribution in [2.24, 2.45) is 7.05 Å². The highest BCUT2D eigenvalue weighted by atomic mass is 32.2. The third kappa shape index (κ3) is 7.19. The molecule has 43 heavy (non-hydrogen) atoms. The van der Waals surface area contributed by atoms with Crippen LogP contribution in [0.15, 0.2) is 48.5 Å². The Morgan fingerprint density at radius 3 is 2.42 bits per heavy atom. The number of hydrogen-bond donors (Lipinski definition) is 1. The standard InChI is InChI=1S/C31H39N5O6S/c1-4-18-43(39,40)36-16-14-35(15-17-36)31(38)24-10-8-22(9-11-24)21-42-28-7-5-6-25(29(28)41-3)20-32-30(37)27-19-26(23-12-13-23)33-34(27)2/h5-11,19,23H,4,12-18,20-21H2,1-3H3,(H,32,37). The molecule has 0 atom stereocenters. The minimum absolute atomic E-state index is 0.119. The molecule has 0 unspecified atom stereocenters. The zero-order valence-electron chi connectivity index (χ0n) is 24.9. The predicted molar refractivity (Wildman–Crippen MR) is 162 cm³/mol. The number of benzene rings is 2. The Kier molecular flexibility index (Phi) is 9.36. The summed E-state index contributed by atoms with van der Waals surface area (Å²) in [6, 6.07) is 14.6. The first-order chi connectivity index (χ1) is 20.7. The first-order valence-corrected chi connectivity index (χ1v) is 16.3. The lowest BCUT2D eigenvalue weighted by atomic mass is 10.1. The topological polar surface area (TPSA) is 123 Å². The number of carbonyl (C=O) groups is 2. The van der Waals surface area contributed by atoms with E-state index in [1.54, 1.807) is 35.9 Å². The third-order valence-corrected chi connectivity index (χ3v) is 9.88. The number of ether oxygens (including phenoxy) is 2. The summed E-state index contributed by atoms with van der Waals surface area (Å²) in [6.07, 6.45) is 2.82. The van der Waals surface area contributed by atoms with Gasteiger partial charge in [-0.3, -0.25) is 14.3 Å². The number of sulfonamides is 1. The molecule has 2 aromatic carbocycles. The van der Waals surface area contributed by atoms with Gasteiger partial charge in [0, 0.05) is 56.8 Å². The highest BCUT2D eigenvalue weighted by Crippen LogP contribution is 2.39. The lowest BCUT2D eigenvalue weighted by Gasteiger charge is -2.34. The van der Waals surface area contributed by atoms with Gasteiger partial charge < -0.3 is 19.7 Å². The van der Waals surface area contributed by atoms with Gasteiger partial charge in [0.25, 0.3) is 11.8 Å². The number of para-hydroxylation sites is 1. The average Bonchev–Trinajstić information content (AvgIpc) is 3.79. The number of carbonyl (C=O) groups excluding carboxylic acids is 2. The molecule has 12 heteroatoms. The second kappa shape index (κ2) is 13.2. The molecule has 1 saturated carbocycles. The largest absolute Gasteiger partial charge is 0.493 e. The molecule has 1 aliphatic carbocycles. The van der Waals surface area contributed by atoms with Gasteiger partial charge in [0.2, 0.25) is 10.0 Å². The summed E-state index contributed by atoms with van der Waals surface area (Å²) in [5.41, 5.74) is 3.69. The number of nitrogens with one attached hydrogen (secondary N) is 1. The Morgan fingerprint density at radius 2 is 1.77 bits per heavy atom. The maximum absolute atomic E-state index is 13.0. The van der Waals surface area contributed by atoms with Gasteiger partial charge in [-0.2, -0.15) is 9.40 Å². The maximum Gasteiger partial charge on any atom is 0.269 e. The maximum atomic E-state index is 13.0. The predicted octanol–water partition coefficient (Wildman–Crippen LogP) is 3.31. The van der Waals surface area contributed by atoms with Gasteiger partial charge in [0.15, 0.2) is 11.5 Å². The van der Waals surface area contributed by atoms with Crippen molar-refractivity contribution in [2.45, 2.75) is 45.3 Å². The molecule has 5 rings (SSSR count). The molecule has 1 aliphatic heterocycles. The zero-order chi connectivity index (χ0) is 30.6. The van der Waals surface area contributed by atoms with Crippen molar-refractivity contribution in [1.29, 1.82) is 0 Å². The summed E-state index contributed by atoms with van der Waals surface area (Å²) in [7, 11) is 0.0861. The summed E-state index contributed by atoms with van der Waals surface area (Å²) < 4.78 is 39.5. The van der Waals surface area contributed by atoms with E-state index >= 15 is 0 Å². The molecule has 2 aliphatic rings. The van der Waals surface area contributed by atoms with Crippen LogP contribution in [-0.2, 0) is 30.2 Å². The van der Waals surface area contributed by atoms with Crippen molar-refractivity contribution in [1.82, 2.24) is 24.3 Å². The third-order valence-electron chi connectivity index (χ3n) is 7.81. The fourth-order valence-electron chi connectivity index (χ4n) is 5.24. The summed E-state index contributed by atoms with van der Waals surface area (Å²) in [4.78, 5) is 27.6. The van der Waals surface area contributed by atoms with Crippen LogP contribution in [0.2, 0.25) is 0 Å². The molecular weight excluding hydrogens is 570 g/mol. The minimum atomic E-state index is -3.26. The number of piperazine rings is 1. The number of nitrogens with zero attached hydrogens (tertiary/aromatic N) is 4. The Morgan fingerprint density at radius 1 is 1.05 bits per heavy atom. The van der Waals surface area contributed by atoms with Crippen LogP contribution in [-0.4, -0.2) is 78.3 Å². The molecule has 11 nitrogen and oxygen atoms in total. The van der Waals surface area contributed by atoms with E-state index in [2.05, 4.69) is 10.4 Å². The molecule has 1 aromatic heterocycles. The number of methoxy groups -OCH3 is 1. The lowest BCUT2D eigenvalue weighted by Crippen LogP contribution is -2.51. The summed E-state index contributed by atoms with van der Waals surface area (Å²) in [6.45, 7) is 3.73. The van der Waals surface area contributed by atoms with E-state index in [0.717, 1.165) is 29.7 Å². The van der Waals surface area contributed by atoms with Crippen molar-refractivity contribution < 1.29 is 27.5 Å². The molecule has 0 bridgehead atoms. The summed E-state index contributed by atoms with van der Waals surface area (Å²) >= 11 is 0. The van der Waals surface area contributed by atoms with E-state index in [1.165, 1.54) is 4.31 Å². The van der Waals surface area contributed by atoms with E-state index in [0.29, 0.717) is 61.3 Å². The average molecular weight is 610 g/mol. The number of aromatic nitrogens is 2. The fourth-order valence-corrected chi connectivity index (χ4v) is 6.73. The second-order valence-electron chi connectivity index (χ2n) is 11.0. The molecule has 0 spiro atoms. The van der Waals surface area contributed by atoms with Crippen molar-refractivity contribution in [3.05, 3.63) is 76.6 Å². The van der Waals surface area contributed by atoms with Crippen molar-refractivity contribution in [3.63, 3.8) is 0 Å². The molecule has 2 heterocycles. The van der Waals surface area contributed by atoms with Gasteiger partial charge >= 0.3 is 0 Å². The number of aryl methyl sites for hydroxylation is 1. The monoisotopic (exact) mass is 609 g/mol. The minimum Gasteiger partial charge on any atom is -0.493 e. The van der Waals surface area contributed by atoms with E-state index in [9.17, 15) is 18.0 Å². The van der Waals surface area contributed by atoms with Crippen LogP contribution in [0.3, 0.4) is 0 Å². The van der Waals surface area contributed by atoms with E-state index in [-0.39, 0.29) is 30.7 Å². The number of hydrogen-bond acceptors (Lipinski definition) is 7. The van der Waals surface area contributed by atoms with E-state index in [4.69, 9.17) is 9.47 Å². The van der Waals surface area contributed by atoms with Gasteiger partial charge in [0.1, 0.15) is 12.3 Å². The molecule has 0 radical (unpaired) electrons. The van der Waals surface area contributed by atoms with Crippen LogP contribution in [0.4, 0.5) is 0 Å². The summed E-state index contributed by atoms with van der Waals surface area (Å²) in [5, 5.41) is 7.43. The van der Waals surface area contributed by atoms with Crippen LogP contribution in [0.25, 0.3) is 0 Å². The van der Waals surface area contributed by atoms with Crippen molar-refractivity contribution in [3.8, 4) is 11.5 Å². The smallest absolute Gasteiger partial charge is 0.269 e. The Labute approximate surface area is 252 Å². The SMILES string of the molecule is CCCS(=O)(=O)N1CCN(C(=O)c2ccc(COc3cccc(CNC(=O)c4cc(C5CC5)nn4C)c3OC)cc2)CC1. The Bertz CT molecular complexity index is 1560.